The fourth-order valence-corrected chi connectivity index (χ4v) is 0.957. The minimum Gasteiger partial charge on any atom is -0.390 e. The van der Waals surface area contributed by atoms with Crippen LogP contribution in [0.3, 0.4) is 0 Å². The normalized spacial score (nSPS) is 41.5. The minimum absolute atomic E-state index is 0.183. The maximum atomic E-state index is 9.07. The first-order chi connectivity index (χ1) is 5.61. The zero-order valence-corrected chi connectivity index (χ0v) is 7.77. The van der Waals surface area contributed by atoms with Gasteiger partial charge < -0.3 is 20.1 Å². The Balaban J connectivity index is 0.000000561. The third-order valence-electron chi connectivity index (χ3n) is 1.71. The van der Waals surface area contributed by atoms with Gasteiger partial charge in [-0.2, -0.15) is 0 Å². The molecule has 0 saturated carbocycles. The number of aliphatic hydroxyl groups excluding tert-OH is 3. The quantitative estimate of drug-likeness (QED) is 0.483. The number of hydrogen-bond donors (Lipinski definition) is 3. The molecular formula is C8H18O4. The molecule has 0 aromatic rings. The monoisotopic (exact) mass is 178 g/mol. The number of hydrogen-bond acceptors (Lipinski definition) is 4. The fourth-order valence-electron chi connectivity index (χ4n) is 0.957. The molecule has 4 nitrogen and oxygen atoms in total. The standard InChI is InChI=1S/C6H12O4.C2H6/c1-3-4(7)2-5(8)6(9)10-3;1-2/h3-9H,2H2,1H3;1-2H3/t3-,4?,5+,6?;/m0./s1. The molecule has 0 spiro atoms. The Bertz CT molecular complexity index is 91.6. The summed E-state index contributed by atoms with van der Waals surface area (Å²) in [5, 5.41) is 26.9. The Hall–Kier alpha value is -0.160. The first kappa shape index (κ1) is 11.8. The molecular weight excluding hydrogens is 160 g/mol. The molecule has 74 valence electrons. The lowest BCUT2D eigenvalue weighted by Crippen LogP contribution is -2.45. The lowest BCUT2D eigenvalue weighted by Gasteiger charge is -2.32. The summed E-state index contributed by atoms with van der Waals surface area (Å²) in [4.78, 5) is 0. The van der Waals surface area contributed by atoms with Crippen LogP contribution in [0, 0.1) is 0 Å². The average Bonchev–Trinajstić information content (AvgIpc) is 2.05. The van der Waals surface area contributed by atoms with Gasteiger partial charge in [0.15, 0.2) is 6.29 Å². The van der Waals surface area contributed by atoms with Crippen molar-refractivity contribution in [3.05, 3.63) is 0 Å². The van der Waals surface area contributed by atoms with E-state index < -0.39 is 24.6 Å². The summed E-state index contributed by atoms with van der Waals surface area (Å²) >= 11 is 0. The minimum atomic E-state index is -1.14. The summed E-state index contributed by atoms with van der Waals surface area (Å²) in [7, 11) is 0. The fraction of sp³-hybridized carbons (Fsp3) is 1.00. The first-order valence-corrected chi connectivity index (χ1v) is 4.31. The number of aliphatic hydroxyl groups is 3. The summed E-state index contributed by atoms with van der Waals surface area (Å²) in [6.45, 7) is 5.65. The lowest BCUT2D eigenvalue weighted by atomic mass is 10.0. The Labute approximate surface area is 72.8 Å². The second kappa shape index (κ2) is 5.48. The van der Waals surface area contributed by atoms with Crippen molar-refractivity contribution in [2.75, 3.05) is 0 Å². The molecule has 1 rings (SSSR count). The van der Waals surface area contributed by atoms with Gasteiger partial charge in [-0.1, -0.05) is 13.8 Å². The molecule has 1 aliphatic rings. The van der Waals surface area contributed by atoms with E-state index in [2.05, 4.69) is 0 Å². The summed E-state index contributed by atoms with van der Waals surface area (Å²) < 4.78 is 4.77. The van der Waals surface area contributed by atoms with Crippen LogP contribution in [-0.2, 0) is 4.74 Å². The van der Waals surface area contributed by atoms with Gasteiger partial charge in [0.25, 0.3) is 0 Å². The molecule has 4 heteroatoms. The molecule has 1 saturated heterocycles. The highest BCUT2D eigenvalue weighted by molar-refractivity contribution is 4.76. The van der Waals surface area contributed by atoms with E-state index in [-0.39, 0.29) is 6.42 Å². The first-order valence-electron chi connectivity index (χ1n) is 4.31. The van der Waals surface area contributed by atoms with Crippen LogP contribution in [0.4, 0.5) is 0 Å². The zero-order valence-electron chi connectivity index (χ0n) is 7.77. The summed E-state index contributed by atoms with van der Waals surface area (Å²) in [6.07, 6.45) is -2.97. The van der Waals surface area contributed by atoms with Crippen LogP contribution < -0.4 is 0 Å². The molecule has 0 aliphatic carbocycles. The van der Waals surface area contributed by atoms with E-state index in [0.29, 0.717) is 0 Å². The van der Waals surface area contributed by atoms with Crippen LogP contribution in [0.1, 0.15) is 27.2 Å². The highest BCUT2D eigenvalue weighted by atomic mass is 16.6. The third kappa shape index (κ3) is 3.06. The van der Waals surface area contributed by atoms with Gasteiger partial charge in [0, 0.05) is 6.42 Å². The van der Waals surface area contributed by atoms with E-state index in [4.69, 9.17) is 20.1 Å². The lowest BCUT2D eigenvalue weighted by molar-refractivity contribution is -0.240. The summed E-state index contributed by atoms with van der Waals surface area (Å²) in [5.41, 5.74) is 0. The highest BCUT2D eigenvalue weighted by Crippen LogP contribution is 2.17. The van der Waals surface area contributed by atoms with Crippen molar-refractivity contribution in [3.63, 3.8) is 0 Å². The molecule has 1 heterocycles. The predicted octanol–water partition coefficient (Wildman–Crippen LogP) is -0.138. The Morgan fingerprint density at radius 2 is 1.58 bits per heavy atom. The number of ether oxygens (including phenoxy) is 1. The van der Waals surface area contributed by atoms with Gasteiger partial charge >= 0.3 is 0 Å². The van der Waals surface area contributed by atoms with Crippen LogP contribution in [0.15, 0.2) is 0 Å². The summed E-state index contributed by atoms with van der Waals surface area (Å²) in [5.74, 6) is 0. The summed E-state index contributed by atoms with van der Waals surface area (Å²) in [6, 6.07) is 0. The average molecular weight is 178 g/mol. The Morgan fingerprint density at radius 3 is 2.00 bits per heavy atom. The van der Waals surface area contributed by atoms with Crippen molar-refractivity contribution >= 4 is 0 Å². The van der Waals surface area contributed by atoms with Gasteiger partial charge in [-0.25, -0.2) is 0 Å². The molecule has 3 N–H and O–H groups in total. The largest absolute Gasteiger partial charge is 0.390 e. The van der Waals surface area contributed by atoms with Crippen molar-refractivity contribution in [3.8, 4) is 0 Å². The Kier molecular flexibility index (Phi) is 5.41. The maximum absolute atomic E-state index is 9.07. The second-order valence-electron chi connectivity index (χ2n) is 2.60. The molecule has 0 aromatic heterocycles. The van der Waals surface area contributed by atoms with E-state index in [0.717, 1.165) is 0 Å². The molecule has 0 amide bonds. The van der Waals surface area contributed by atoms with Gasteiger partial charge in [0.2, 0.25) is 0 Å². The van der Waals surface area contributed by atoms with Crippen LogP contribution >= 0.6 is 0 Å². The molecule has 0 radical (unpaired) electrons. The smallest absolute Gasteiger partial charge is 0.181 e. The van der Waals surface area contributed by atoms with Crippen molar-refractivity contribution in [2.45, 2.75) is 51.8 Å². The zero-order chi connectivity index (χ0) is 9.72. The Morgan fingerprint density at radius 1 is 1.08 bits per heavy atom. The van der Waals surface area contributed by atoms with Gasteiger partial charge in [0.1, 0.15) is 6.10 Å². The van der Waals surface area contributed by atoms with E-state index in [1.165, 1.54) is 0 Å². The van der Waals surface area contributed by atoms with E-state index in [1.807, 2.05) is 13.8 Å². The molecule has 4 atom stereocenters. The molecule has 1 aliphatic heterocycles. The second-order valence-corrected chi connectivity index (χ2v) is 2.60. The number of rotatable bonds is 0. The van der Waals surface area contributed by atoms with Gasteiger partial charge in [0.05, 0.1) is 12.2 Å². The SMILES string of the molecule is CC.C[C@@H]1OC(O)[C@H](O)CC1O. The van der Waals surface area contributed by atoms with Crippen molar-refractivity contribution in [1.29, 1.82) is 0 Å². The maximum Gasteiger partial charge on any atom is 0.181 e. The van der Waals surface area contributed by atoms with Crippen molar-refractivity contribution < 1.29 is 20.1 Å². The third-order valence-corrected chi connectivity index (χ3v) is 1.71. The van der Waals surface area contributed by atoms with Crippen molar-refractivity contribution in [2.24, 2.45) is 0 Å². The van der Waals surface area contributed by atoms with Crippen LogP contribution in [0.25, 0.3) is 0 Å². The van der Waals surface area contributed by atoms with Gasteiger partial charge in [-0.05, 0) is 6.92 Å². The van der Waals surface area contributed by atoms with Gasteiger partial charge in [-0.15, -0.1) is 0 Å². The van der Waals surface area contributed by atoms with Gasteiger partial charge in [-0.3, -0.25) is 0 Å². The van der Waals surface area contributed by atoms with E-state index in [9.17, 15) is 0 Å². The topological polar surface area (TPSA) is 69.9 Å². The molecule has 12 heavy (non-hydrogen) atoms. The molecule has 2 unspecified atom stereocenters. The van der Waals surface area contributed by atoms with Crippen molar-refractivity contribution in [1.82, 2.24) is 0 Å². The molecule has 0 aromatic carbocycles. The van der Waals surface area contributed by atoms with Crippen LogP contribution in [0.2, 0.25) is 0 Å². The van der Waals surface area contributed by atoms with Crippen LogP contribution in [-0.4, -0.2) is 39.9 Å². The highest BCUT2D eigenvalue weighted by Gasteiger charge is 2.32. The molecule has 0 bridgehead atoms. The van der Waals surface area contributed by atoms with E-state index in [1.54, 1.807) is 6.92 Å². The van der Waals surface area contributed by atoms with E-state index >= 15 is 0 Å². The predicted molar refractivity (Wildman–Crippen MR) is 44.5 cm³/mol. The molecule has 1 fully saturated rings. The van der Waals surface area contributed by atoms with Crippen LogP contribution in [0.5, 0.6) is 0 Å².